The first-order valence-electron chi connectivity index (χ1n) is 10.8. The largest absolute Gasteiger partial charge is 0.347 e. The van der Waals surface area contributed by atoms with Crippen molar-refractivity contribution in [2.75, 3.05) is 6.54 Å². The van der Waals surface area contributed by atoms with Crippen molar-refractivity contribution in [1.29, 1.82) is 0 Å². The molecule has 150 valence electrons. The fraction of sp³-hybridized carbons (Fsp3) is 0.591. The minimum absolute atomic E-state index is 0.165. The molecule has 2 aromatic rings. The molecule has 0 unspecified atom stereocenters. The van der Waals surface area contributed by atoms with Crippen LogP contribution in [0.1, 0.15) is 67.4 Å². The van der Waals surface area contributed by atoms with Gasteiger partial charge in [-0.25, -0.2) is 0 Å². The zero-order valence-electron chi connectivity index (χ0n) is 16.6. The van der Waals surface area contributed by atoms with Crippen LogP contribution in [-0.2, 0) is 13.1 Å². The number of benzene rings is 1. The molecule has 2 heterocycles. The zero-order valence-corrected chi connectivity index (χ0v) is 16.6. The lowest BCUT2D eigenvalue weighted by molar-refractivity contribution is 0.0945. The highest BCUT2D eigenvalue weighted by atomic mass is 16.2. The first kappa shape index (κ1) is 19.1. The standard InChI is InChI=1S/C22H31N5O/c28-22(23-15-18-9-4-3-5-10-18)21-17-26(25-24-21)16-20-13-8-14-27(20)19-11-6-1-2-7-12-19/h3-5,9-10,17,19-20H,1-2,6-8,11-16H2,(H,23,28)/t20-/m0/s1. The Hall–Kier alpha value is -2.21. The van der Waals surface area contributed by atoms with Gasteiger partial charge in [0, 0.05) is 18.6 Å². The van der Waals surface area contributed by atoms with Gasteiger partial charge in [-0.15, -0.1) is 5.10 Å². The van der Waals surface area contributed by atoms with E-state index >= 15 is 0 Å². The lowest BCUT2D eigenvalue weighted by atomic mass is 10.1. The number of nitrogens with one attached hydrogen (secondary N) is 1. The van der Waals surface area contributed by atoms with Gasteiger partial charge in [-0.3, -0.25) is 14.4 Å². The van der Waals surface area contributed by atoms with Crippen molar-refractivity contribution in [3.63, 3.8) is 0 Å². The number of nitrogens with zero attached hydrogens (tertiary/aromatic N) is 4. The van der Waals surface area contributed by atoms with Crippen molar-refractivity contribution in [2.45, 2.75) is 76.5 Å². The Balaban J connectivity index is 1.32. The summed E-state index contributed by atoms with van der Waals surface area (Å²) in [7, 11) is 0. The molecule has 0 bridgehead atoms. The van der Waals surface area contributed by atoms with Crippen LogP contribution in [0.15, 0.2) is 36.5 Å². The highest BCUT2D eigenvalue weighted by molar-refractivity contribution is 5.91. The second-order valence-electron chi connectivity index (χ2n) is 8.17. The summed E-state index contributed by atoms with van der Waals surface area (Å²) in [5.74, 6) is -0.165. The lowest BCUT2D eigenvalue weighted by Gasteiger charge is -2.32. The third kappa shape index (κ3) is 4.79. The minimum Gasteiger partial charge on any atom is -0.347 e. The smallest absolute Gasteiger partial charge is 0.273 e. The van der Waals surface area contributed by atoms with E-state index in [4.69, 9.17) is 0 Å². The molecular formula is C22H31N5O. The SMILES string of the molecule is O=C(NCc1ccccc1)c1cn(C[C@@H]2CCCN2C2CCCCCC2)nn1. The Morgan fingerprint density at radius 1 is 1.04 bits per heavy atom. The number of hydrogen-bond donors (Lipinski definition) is 1. The summed E-state index contributed by atoms with van der Waals surface area (Å²) >= 11 is 0. The Morgan fingerprint density at radius 2 is 1.82 bits per heavy atom. The summed E-state index contributed by atoms with van der Waals surface area (Å²) in [6.07, 6.45) is 12.4. The van der Waals surface area contributed by atoms with Gasteiger partial charge in [0.1, 0.15) is 0 Å². The van der Waals surface area contributed by atoms with Crippen LogP contribution in [0.5, 0.6) is 0 Å². The van der Waals surface area contributed by atoms with Crippen LogP contribution >= 0.6 is 0 Å². The fourth-order valence-corrected chi connectivity index (χ4v) is 4.70. The van der Waals surface area contributed by atoms with Crippen molar-refractivity contribution in [2.24, 2.45) is 0 Å². The molecule has 6 heteroatoms. The van der Waals surface area contributed by atoms with Gasteiger partial charge in [0.25, 0.3) is 5.91 Å². The lowest BCUT2D eigenvalue weighted by Crippen LogP contribution is -2.41. The highest BCUT2D eigenvalue weighted by Crippen LogP contribution is 2.29. The molecular weight excluding hydrogens is 350 g/mol. The average molecular weight is 382 g/mol. The molecule has 6 nitrogen and oxygen atoms in total. The Kier molecular flexibility index (Phi) is 6.37. The number of likely N-dealkylation sites (tertiary alicyclic amines) is 1. The third-order valence-electron chi connectivity index (χ3n) is 6.18. The van der Waals surface area contributed by atoms with Gasteiger partial charge in [0.2, 0.25) is 0 Å². The molecule has 0 spiro atoms. The molecule has 1 N–H and O–H groups in total. The van der Waals surface area contributed by atoms with Crippen LogP contribution in [-0.4, -0.2) is 44.4 Å². The van der Waals surface area contributed by atoms with E-state index in [0.717, 1.165) is 18.2 Å². The maximum absolute atomic E-state index is 12.4. The molecule has 1 saturated carbocycles. The van der Waals surface area contributed by atoms with Gasteiger partial charge in [-0.1, -0.05) is 61.2 Å². The van der Waals surface area contributed by atoms with Gasteiger partial charge in [0.15, 0.2) is 5.69 Å². The van der Waals surface area contributed by atoms with E-state index in [1.165, 1.54) is 57.9 Å². The number of carbonyl (C=O) groups is 1. The van der Waals surface area contributed by atoms with E-state index in [2.05, 4.69) is 20.5 Å². The molecule has 2 fully saturated rings. The van der Waals surface area contributed by atoms with Crippen LogP contribution in [0.25, 0.3) is 0 Å². The van der Waals surface area contributed by atoms with E-state index in [0.29, 0.717) is 18.3 Å². The molecule has 1 aromatic heterocycles. The first-order valence-corrected chi connectivity index (χ1v) is 10.8. The molecule has 1 atom stereocenters. The second kappa shape index (κ2) is 9.32. The van der Waals surface area contributed by atoms with Gasteiger partial charge in [-0.05, 0) is 37.8 Å². The Labute approximate surface area is 167 Å². The maximum atomic E-state index is 12.4. The zero-order chi connectivity index (χ0) is 19.2. The summed E-state index contributed by atoms with van der Waals surface area (Å²) in [5, 5.41) is 11.3. The molecule has 28 heavy (non-hydrogen) atoms. The van der Waals surface area contributed by atoms with E-state index in [1.54, 1.807) is 6.20 Å². The Bertz CT molecular complexity index is 751. The van der Waals surface area contributed by atoms with Crippen molar-refractivity contribution >= 4 is 5.91 Å². The highest BCUT2D eigenvalue weighted by Gasteiger charge is 2.31. The van der Waals surface area contributed by atoms with Crippen LogP contribution in [0.4, 0.5) is 0 Å². The third-order valence-corrected chi connectivity index (χ3v) is 6.18. The summed E-state index contributed by atoms with van der Waals surface area (Å²) in [6.45, 7) is 2.54. The summed E-state index contributed by atoms with van der Waals surface area (Å²) in [6, 6.07) is 11.2. The predicted octanol–water partition coefficient (Wildman–Crippen LogP) is 3.40. The molecule has 1 amide bonds. The molecule has 1 aromatic carbocycles. The van der Waals surface area contributed by atoms with Crippen molar-refractivity contribution in [3.8, 4) is 0 Å². The van der Waals surface area contributed by atoms with E-state index in [-0.39, 0.29) is 5.91 Å². The first-order chi connectivity index (χ1) is 13.8. The van der Waals surface area contributed by atoms with Crippen LogP contribution < -0.4 is 5.32 Å². The summed E-state index contributed by atoms with van der Waals surface area (Å²) in [5.41, 5.74) is 1.48. The number of amides is 1. The van der Waals surface area contributed by atoms with E-state index < -0.39 is 0 Å². The molecule has 1 aliphatic carbocycles. The molecule has 4 rings (SSSR count). The number of rotatable bonds is 6. The van der Waals surface area contributed by atoms with Crippen LogP contribution in [0, 0.1) is 0 Å². The number of hydrogen-bond acceptors (Lipinski definition) is 4. The topological polar surface area (TPSA) is 63.1 Å². The average Bonchev–Trinajstić information content (AvgIpc) is 3.30. The van der Waals surface area contributed by atoms with Gasteiger partial charge in [-0.2, -0.15) is 0 Å². The maximum Gasteiger partial charge on any atom is 0.273 e. The number of aromatic nitrogens is 3. The normalized spacial score (nSPS) is 21.5. The predicted molar refractivity (Wildman–Crippen MR) is 109 cm³/mol. The second-order valence-corrected chi connectivity index (χ2v) is 8.17. The van der Waals surface area contributed by atoms with Gasteiger partial charge < -0.3 is 5.32 Å². The Morgan fingerprint density at radius 3 is 2.61 bits per heavy atom. The minimum atomic E-state index is -0.165. The van der Waals surface area contributed by atoms with Crippen molar-refractivity contribution in [1.82, 2.24) is 25.2 Å². The molecule has 1 saturated heterocycles. The van der Waals surface area contributed by atoms with Crippen LogP contribution in [0.2, 0.25) is 0 Å². The molecule has 2 aliphatic rings. The summed E-state index contributed by atoms with van der Waals surface area (Å²) in [4.78, 5) is 15.1. The van der Waals surface area contributed by atoms with Gasteiger partial charge >= 0.3 is 0 Å². The van der Waals surface area contributed by atoms with E-state index in [9.17, 15) is 4.79 Å². The van der Waals surface area contributed by atoms with Crippen LogP contribution in [0.3, 0.4) is 0 Å². The van der Waals surface area contributed by atoms with Crippen molar-refractivity contribution < 1.29 is 4.79 Å². The van der Waals surface area contributed by atoms with E-state index in [1.807, 2.05) is 35.0 Å². The van der Waals surface area contributed by atoms with Crippen molar-refractivity contribution in [3.05, 3.63) is 47.8 Å². The number of carbonyl (C=O) groups excluding carboxylic acids is 1. The summed E-state index contributed by atoms with van der Waals surface area (Å²) < 4.78 is 1.86. The molecule has 1 aliphatic heterocycles. The monoisotopic (exact) mass is 381 g/mol. The quantitative estimate of drug-likeness (QED) is 0.779. The molecule has 0 radical (unpaired) electrons. The van der Waals surface area contributed by atoms with Gasteiger partial charge in [0.05, 0.1) is 12.7 Å². The fourth-order valence-electron chi connectivity index (χ4n) is 4.70.